The molecule has 3 nitrogen and oxygen atoms in total. The van der Waals surface area contributed by atoms with Gasteiger partial charge in [0.2, 0.25) is 0 Å². The van der Waals surface area contributed by atoms with Crippen LogP contribution in [0.5, 0.6) is 0 Å². The van der Waals surface area contributed by atoms with Crippen LogP contribution in [0.25, 0.3) is 33.4 Å². The number of nitrogens with zero attached hydrogens (tertiary/aromatic N) is 3. The maximum absolute atomic E-state index is 4.55. The van der Waals surface area contributed by atoms with Crippen LogP contribution in [0.3, 0.4) is 0 Å². The predicted molar refractivity (Wildman–Crippen MR) is 95.9 cm³/mol. The normalized spacial score (nSPS) is 10.8. The average Bonchev–Trinajstić information content (AvgIpc) is 2.62. The second-order valence-electron chi connectivity index (χ2n) is 5.16. The molecule has 0 radical (unpaired) electrons. The van der Waals surface area contributed by atoms with Gasteiger partial charge in [-0.3, -0.25) is 4.98 Å². The Hall–Kier alpha value is -2.59. The molecule has 0 N–H and O–H groups in total. The van der Waals surface area contributed by atoms with Crippen LogP contribution in [-0.2, 0) is 0 Å². The first-order valence-corrected chi connectivity index (χ1v) is 8.05. The number of halogens is 1. The number of benzene rings is 2. The molecular weight excluding hydrogens is 350 g/mol. The Labute approximate surface area is 142 Å². The molecule has 2 heterocycles. The summed E-state index contributed by atoms with van der Waals surface area (Å²) >= 11 is 3.39. The summed E-state index contributed by atoms with van der Waals surface area (Å²) < 4.78 is 0.568. The van der Waals surface area contributed by atoms with Crippen molar-refractivity contribution in [2.45, 2.75) is 0 Å². The highest BCUT2D eigenvalue weighted by Crippen LogP contribution is 2.29. The van der Waals surface area contributed by atoms with E-state index in [9.17, 15) is 0 Å². The van der Waals surface area contributed by atoms with Gasteiger partial charge in [0.1, 0.15) is 11.2 Å². The van der Waals surface area contributed by atoms with Crippen LogP contribution in [0.1, 0.15) is 0 Å². The maximum Gasteiger partial charge on any atom is 0.197 e. The third kappa shape index (κ3) is 2.73. The van der Waals surface area contributed by atoms with Gasteiger partial charge in [0, 0.05) is 11.8 Å². The molecule has 4 heteroatoms. The van der Waals surface area contributed by atoms with E-state index in [4.69, 9.17) is 0 Å². The lowest BCUT2D eigenvalue weighted by atomic mass is 10.0. The van der Waals surface area contributed by atoms with Gasteiger partial charge < -0.3 is 0 Å². The van der Waals surface area contributed by atoms with Crippen LogP contribution in [0.2, 0.25) is 0 Å². The van der Waals surface area contributed by atoms with Crippen molar-refractivity contribution in [2.75, 3.05) is 0 Å². The summed E-state index contributed by atoms with van der Waals surface area (Å²) in [6.07, 6.45) is 1.77. The maximum atomic E-state index is 4.55. The van der Waals surface area contributed by atoms with Gasteiger partial charge in [-0.1, -0.05) is 48.5 Å². The van der Waals surface area contributed by atoms with Crippen LogP contribution in [0.4, 0.5) is 0 Å². The summed E-state index contributed by atoms with van der Waals surface area (Å²) in [6.45, 7) is 0. The molecule has 0 amide bonds. The summed E-state index contributed by atoms with van der Waals surface area (Å²) in [4.78, 5) is 13.4. The van der Waals surface area contributed by atoms with E-state index in [0.717, 1.165) is 27.9 Å². The van der Waals surface area contributed by atoms with Gasteiger partial charge in [-0.15, -0.1) is 0 Å². The Kier molecular flexibility index (Phi) is 3.60. The smallest absolute Gasteiger partial charge is 0.197 e. The summed E-state index contributed by atoms with van der Waals surface area (Å²) in [6, 6.07) is 22.5. The minimum absolute atomic E-state index is 0.568. The quantitative estimate of drug-likeness (QED) is 0.465. The lowest BCUT2D eigenvalue weighted by Gasteiger charge is -2.08. The Morgan fingerprint density at radius 2 is 1.48 bits per heavy atom. The van der Waals surface area contributed by atoms with Crippen LogP contribution in [0, 0.1) is 0 Å². The fraction of sp³-hybridized carbons (Fsp3) is 0. The van der Waals surface area contributed by atoms with Gasteiger partial charge in [-0.05, 0) is 45.3 Å². The molecular formula is C19H12BrN3. The zero-order valence-corrected chi connectivity index (χ0v) is 13.7. The summed E-state index contributed by atoms with van der Waals surface area (Å²) in [5.41, 5.74) is 5.83. The van der Waals surface area contributed by atoms with Gasteiger partial charge >= 0.3 is 0 Å². The van der Waals surface area contributed by atoms with Gasteiger partial charge in [0.15, 0.2) is 4.73 Å². The monoisotopic (exact) mass is 361 g/mol. The van der Waals surface area contributed by atoms with Crippen LogP contribution >= 0.6 is 15.9 Å². The highest BCUT2D eigenvalue weighted by molar-refractivity contribution is 9.10. The molecule has 0 unspecified atom stereocenters. The van der Waals surface area contributed by atoms with E-state index in [-0.39, 0.29) is 0 Å². The first-order valence-electron chi connectivity index (χ1n) is 7.25. The summed E-state index contributed by atoms with van der Waals surface area (Å²) in [7, 11) is 0. The molecule has 2 aromatic carbocycles. The molecule has 0 aliphatic heterocycles. The number of aromatic nitrogens is 3. The number of pyridine rings is 1. The predicted octanol–water partition coefficient (Wildman–Crippen LogP) is 5.12. The van der Waals surface area contributed by atoms with E-state index in [2.05, 4.69) is 61.2 Å². The van der Waals surface area contributed by atoms with Crippen molar-refractivity contribution >= 4 is 27.0 Å². The molecule has 4 rings (SSSR count). The van der Waals surface area contributed by atoms with Gasteiger partial charge in [0.25, 0.3) is 0 Å². The Balaban J connectivity index is 1.92. The zero-order chi connectivity index (χ0) is 15.6. The van der Waals surface area contributed by atoms with Gasteiger partial charge in [-0.25, -0.2) is 9.97 Å². The third-order valence-electron chi connectivity index (χ3n) is 3.67. The van der Waals surface area contributed by atoms with Crippen molar-refractivity contribution in [3.8, 4) is 22.4 Å². The summed E-state index contributed by atoms with van der Waals surface area (Å²) in [5.74, 6) is 0. The molecule has 0 atom stereocenters. The standard InChI is InChI=1S/C19H12BrN3/c20-19-22-16-10-5-11-21-18(16)17(23-19)15-9-4-8-14(12-15)13-6-2-1-3-7-13/h1-12H. The van der Waals surface area contributed by atoms with E-state index >= 15 is 0 Å². The van der Waals surface area contributed by atoms with E-state index in [0.29, 0.717) is 4.73 Å². The molecule has 0 spiro atoms. The lowest BCUT2D eigenvalue weighted by Crippen LogP contribution is -1.93. The van der Waals surface area contributed by atoms with Gasteiger partial charge in [0.05, 0.1) is 5.52 Å². The first-order chi connectivity index (χ1) is 11.3. The Morgan fingerprint density at radius 1 is 0.696 bits per heavy atom. The van der Waals surface area contributed by atoms with Crippen molar-refractivity contribution in [3.63, 3.8) is 0 Å². The van der Waals surface area contributed by atoms with E-state index in [1.54, 1.807) is 6.20 Å². The molecule has 110 valence electrons. The van der Waals surface area contributed by atoms with Crippen LogP contribution < -0.4 is 0 Å². The first kappa shape index (κ1) is 14.0. The molecule has 0 aliphatic carbocycles. The number of rotatable bonds is 2. The number of hydrogen-bond donors (Lipinski definition) is 0. The van der Waals surface area contributed by atoms with Crippen molar-refractivity contribution in [3.05, 3.63) is 77.7 Å². The molecule has 23 heavy (non-hydrogen) atoms. The van der Waals surface area contributed by atoms with Crippen molar-refractivity contribution < 1.29 is 0 Å². The lowest BCUT2D eigenvalue weighted by molar-refractivity contribution is 1.15. The molecule has 0 aliphatic rings. The number of hydrogen-bond acceptors (Lipinski definition) is 3. The second kappa shape index (κ2) is 5.89. The molecule has 0 fully saturated rings. The fourth-order valence-electron chi connectivity index (χ4n) is 2.62. The zero-order valence-electron chi connectivity index (χ0n) is 12.1. The topological polar surface area (TPSA) is 38.7 Å². The molecule has 0 bridgehead atoms. The minimum atomic E-state index is 0.568. The third-order valence-corrected chi connectivity index (χ3v) is 4.03. The largest absolute Gasteiger partial charge is 0.252 e. The second-order valence-corrected chi connectivity index (χ2v) is 5.87. The van der Waals surface area contributed by atoms with E-state index in [1.807, 2.05) is 36.4 Å². The molecule has 2 aromatic heterocycles. The number of fused-ring (bicyclic) bond motifs is 1. The van der Waals surface area contributed by atoms with Gasteiger partial charge in [-0.2, -0.15) is 0 Å². The SMILES string of the molecule is Brc1nc(-c2cccc(-c3ccccc3)c2)c2ncccc2n1. The molecule has 0 saturated heterocycles. The van der Waals surface area contributed by atoms with Crippen molar-refractivity contribution in [2.24, 2.45) is 0 Å². The molecule has 0 saturated carbocycles. The van der Waals surface area contributed by atoms with Crippen molar-refractivity contribution in [1.82, 2.24) is 15.0 Å². The van der Waals surface area contributed by atoms with Crippen LogP contribution in [-0.4, -0.2) is 15.0 Å². The highest BCUT2D eigenvalue weighted by Gasteiger charge is 2.10. The van der Waals surface area contributed by atoms with Crippen LogP contribution in [0.15, 0.2) is 77.7 Å². The fourth-order valence-corrected chi connectivity index (χ4v) is 2.99. The Morgan fingerprint density at radius 3 is 2.35 bits per heavy atom. The van der Waals surface area contributed by atoms with Crippen molar-refractivity contribution in [1.29, 1.82) is 0 Å². The average molecular weight is 362 g/mol. The minimum Gasteiger partial charge on any atom is -0.252 e. The summed E-state index contributed by atoms with van der Waals surface area (Å²) in [5, 5.41) is 0. The van der Waals surface area contributed by atoms with E-state index < -0.39 is 0 Å². The van der Waals surface area contributed by atoms with E-state index in [1.165, 1.54) is 5.56 Å². The Bertz CT molecular complexity index is 984. The molecule has 4 aromatic rings. The highest BCUT2D eigenvalue weighted by atomic mass is 79.9.